The lowest BCUT2D eigenvalue weighted by Gasteiger charge is -2.29. The van der Waals surface area contributed by atoms with Crippen molar-refractivity contribution in [3.05, 3.63) is 46.7 Å². The van der Waals surface area contributed by atoms with Crippen LogP contribution in [0.4, 0.5) is 14.9 Å². The Balaban J connectivity index is 1.75. The number of carbonyl (C=O) groups is 4. The number of imide groups is 1. The van der Waals surface area contributed by atoms with Gasteiger partial charge in [0, 0.05) is 19.0 Å². The zero-order chi connectivity index (χ0) is 24.8. The Hall–Kier alpha value is -4.22. The minimum absolute atomic E-state index is 0.00512. The number of aryl methyl sites for hydroxylation is 1. The summed E-state index contributed by atoms with van der Waals surface area (Å²) >= 11 is 0. The third-order valence-corrected chi connectivity index (χ3v) is 5.82. The standard InChI is InChI=1S/C22H22FN5O6/c1-4-13-12(25-10(2)18(24)29)7-15(34-13)22(20(31)26-21(32)27-22)9-28-8-11-5-6-14(33-3)17(23)16(11)19(28)30/h5-7H,4,8-9H2,1-3H3,(H2,24,29)(H2,26,27,31,32)/t22-/m0/s1. The van der Waals surface area contributed by atoms with Crippen LogP contribution in [0.25, 0.3) is 0 Å². The van der Waals surface area contributed by atoms with E-state index in [9.17, 15) is 23.6 Å². The van der Waals surface area contributed by atoms with Gasteiger partial charge >= 0.3 is 6.03 Å². The van der Waals surface area contributed by atoms with Crippen molar-refractivity contribution in [1.82, 2.24) is 15.5 Å². The van der Waals surface area contributed by atoms with Crippen LogP contribution in [0.1, 0.15) is 41.3 Å². The number of ether oxygens (including phenoxy) is 1. The average molecular weight is 471 g/mol. The number of hydrogen-bond acceptors (Lipinski definition) is 7. The van der Waals surface area contributed by atoms with Crippen LogP contribution in [0.5, 0.6) is 5.75 Å². The molecule has 34 heavy (non-hydrogen) atoms. The fourth-order valence-corrected chi connectivity index (χ4v) is 4.03. The molecule has 0 bridgehead atoms. The van der Waals surface area contributed by atoms with Crippen LogP contribution < -0.4 is 21.1 Å². The fourth-order valence-electron chi connectivity index (χ4n) is 4.03. The highest BCUT2D eigenvalue weighted by Gasteiger charge is 2.53. The summed E-state index contributed by atoms with van der Waals surface area (Å²) in [5, 5.41) is 4.70. The Labute approximate surface area is 193 Å². The number of fused-ring (bicyclic) bond motifs is 1. The number of nitrogens with zero attached hydrogens (tertiary/aromatic N) is 2. The van der Waals surface area contributed by atoms with Crippen molar-refractivity contribution >= 4 is 35.2 Å². The SMILES string of the molecule is CCc1oc([C@]2(CN3Cc4ccc(OC)c(F)c4C3=O)NC(=O)NC2=O)cc1N=C(C)C(N)=O. The summed E-state index contributed by atoms with van der Waals surface area (Å²) in [5.41, 5.74) is 4.00. The molecule has 4 N–H and O–H groups in total. The van der Waals surface area contributed by atoms with Crippen molar-refractivity contribution < 1.29 is 32.7 Å². The molecule has 3 heterocycles. The van der Waals surface area contributed by atoms with E-state index in [-0.39, 0.29) is 41.6 Å². The number of nitrogens with one attached hydrogen (secondary N) is 2. The number of nitrogens with two attached hydrogens (primary N) is 1. The number of furan rings is 1. The molecule has 0 aliphatic carbocycles. The second-order valence-electron chi connectivity index (χ2n) is 7.92. The van der Waals surface area contributed by atoms with E-state index in [1.807, 2.05) is 0 Å². The van der Waals surface area contributed by atoms with Gasteiger partial charge in [-0.1, -0.05) is 13.0 Å². The van der Waals surface area contributed by atoms with Crippen LogP contribution in [0, 0.1) is 5.82 Å². The van der Waals surface area contributed by atoms with Gasteiger partial charge in [0.05, 0.1) is 19.2 Å². The molecule has 1 fully saturated rings. The van der Waals surface area contributed by atoms with E-state index in [4.69, 9.17) is 14.9 Å². The van der Waals surface area contributed by atoms with Gasteiger partial charge in [0.25, 0.3) is 17.7 Å². The van der Waals surface area contributed by atoms with E-state index >= 15 is 0 Å². The summed E-state index contributed by atoms with van der Waals surface area (Å²) in [6, 6.07) is 3.61. The number of amides is 5. The molecule has 1 aromatic heterocycles. The topological polar surface area (TPSA) is 156 Å². The normalized spacial score (nSPS) is 19.8. The van der Waals surface area contributed by atoms with Gasteiger partial charge in [-0.25, -0.2) is 14.2 Å². The van der Waals surface area contributed by atoms with Crippen LogP contribution in [0.15, 0.2) is 27.6 Å². The Bertz CT molecular complexity index is 1270. The molecule has 11 nitrogen and oxygen atoms in total. The second-order valence-corrected chi connectivity index (χ2v) is 7.92. The van der Waals surface area contributed by atoms with Crippen molar-refractivity contribution in [2.75, 3.05) is 13.7 Å². The third kappa shape index (κ3) is 3.56. The zero-order valence-corrected chi connectivity index (χ0v) is 18.7. The van der Waals surface area contributed by atoms with Crippen molar-refractivity contribution in [1.29, 1.82) is 0 Å². The van der Waals surface area contributed by atoms with Crippen LogP contribution in [-0.2, 0) is 28.1 Å². The Morgan fingerprint density at radius 2 is 2.09 bits per heavy atom. The molecule has 2 aliphatic rings. The van der Waals surface area contributed by atoms with Crippen LogP contribution in [0.2, 0.25) is 0 Å². The summed E-state index contributed by atoms with van der Waals surface area (Å²) in [4.78, 5) is 55.0. The monoisotopic (exact) mass is 471 g/mol. The largest absolute Gasteiger partial charge is 0.494 e. The zero-order valence-electron chi connectivity index (χ0n) is 18.7. The lowest BCUT2D eigenvalue weighted by molar-refractivity contribution is -0.125. The molecule has 178 valence electrons. The first kappa shape index (κ1) is 23.0. The van der Waals surface area contributed by atoms with Gasteiger partial charge in [0.15, 0.2) is 17.1 Å². The number of methoxy groups -OCH3 is 1. The minimum Gasteiger partial charge on any atom is -0.494 e. The van der Waals surface area contributed by atoms with E-state index in [0.717, 1.165) is 0 Å². The first-order valence-electron chi connectivity index (χ1n) is 10.4. The maximum absolute atomic E-state index is 14.8. The summed E-state index contributed by atoms with van der Waals surface area (Å²) in [6.45, 7) is 2.87. The summed E-state index contributed by atoms with van der Waals surface area (Å²) in [5.74, 6) is -2.68. The van der Waals surface area contributed by atoms with Crippen molar-refractivity contribution in [3.63, 3.8) is 0 Å². The van der Waals surface area contributed by atoms with Gasteiger partial charge in [-0.05, 0) is 18.6 Å². The van der Waals surface area contributed by atoms with Gasteiger partial charge in [-0.3, -0.25) is 19.7 Å². The summed E-state index contributed by atoms with van der Waals surface area (Å²) < 4.78 is 25.6. The predicted molar refractivity (Wildman–Crippen MR) is 116 cm³/mol. The minimum atomic E-state index is -1.80. The summed E-state index contributed by atoms with van der Waals surface area (Å²) in [7, 11) is 1.29. The second kappa shape index (κ2) is 8.28. The molecule has 12 heteroatoms. The van der Waals surface area contributed by atoms with Crippen LogP contribution >= 0.6 is 0 Å². The lowest BCUT2D eigenvalue weighted by atomic mass is 9.95. The lowest BCUT2D eigenvalue weighted by Crippen LogP contribution is -2.52. The van der Waals surface area contributed by atoms with Crippen LogP contribution in [0.3, 0.4) is 0 Å². The van der Waals surface area contributed by atoms with E-state index in [1.54, 1.807) is 13.0 Å². The quantitative estimate of drug-likeness (QED) is 0.408. The van der Waals surface area contributed by atoms with Gasteiger partial charge in [-0.15, -0.1) is 0 Å². The van der Waals surface area contributed by atoms with Crippen molar-refractivity contribution in [2.24, 2.45) is 10.7 Å². The van der Waals surface area contributed by atoms with E-state index < -0.39 is 35.1 Å². The van der Waals surface area contributed by atoms with Gasteiger partial charge in [0.2, 0.25) is 0 Å². The molecular formula is C22H22FN5O6. The molecule has 1 saturated heterocycles. The van der Waals surface area contributed by atoms with Gasteiger partial charge in [0.1, 0.15) is 22.9 Å². The number of rotatable bonds is 7. The molecule has 4 rings (SSSR count). The number of urea groups is 1. The smallest absolute Gasteiger partial charge is 0.322 e. The highest BCUT2D eigenvalue weighted by Crippen LogP contribution is 2.37. The number of aliphatic imine (C=N–C) groups is 1. The average Bonchev–Trinajstić information content (AvgIpc) is 3.43. The van der Waals surface area contributed by atoms with E-state index in [2.05, 4.69) is 15.6 Å². The summed E-state index contributed by atoms with van der Waals surface area (Å²) in [6.07, 6.45) is 0.357. The molecule has 5 amide bonds. The molecule has 1 atom stereocenters. The van der Waals surface area contributed by atoms with Gasteiger partial charge < -0.3 is 25.1 Å². The first-order chi connectivity index (χ1) is 16.1. The predicted octanol–water partition coefficient (Wildman–Crippen LogP) is 1.26. The van der Waals surface area contributed by atoms with Crippen molar-refractivity contribution in [2.45, 2.75) is 32.4 Å². The van der Waals surface area contributed by atoms with E-state index in [0.29, 0.717) is 17.7 Å². The Morgan fingerprint density at radius 3 is 2.68 bits per heavy atom. The third-order valence-electron chi connectivity index (χ3n) is 5.82. The maximum Gasteiger partial charge on any atom is 0.322 e. The maximum atomic E-state index is 14.8. The Morgan fingerprint density at radius 1 is 1.35 bits per heavy atom. The highest BCUT2D eigenvalue weighted by molar-refractivity contribution is 6.37. The molecule has 0 unspecified atom stereocenters. The number of carbonyl (C=O) groups excluding carboxylic acids is 4. The molecule has 0 saturated carbocycles. The Kier molecular flexibility index (Phi) is 5.59. The molecule has 2 aliphatic heterocycles. The molecule has 0 spiro atoms. The van der Waals surface area contributed by atoms with Crippen LogP contribution in [-0.4, -0.2) is 48.0 Å². The first-order valence-corrected chi connectivity index (χ1v) is 10.4. The molecule has 2 aromatic rings. The molecule has 0 radical (unpaired) electrons. The number of hydrogen-bond donors (Lipinski definition) is 3. The van der Waals surface area contributed by atoms with E-state index in [1.165, 1.54) is 31.1 Å². The molecule has 1 aromatic carbocycles. The molecular weight excluding hydrogens is 449 g/mol. The number of benzene rings is 1. The van der Waals surface area contributed by atoms with Crippen molar-refractivity contribution in [3.8, 4) is 5.75 Å². The van der Waals surface area contributed by atoms with Gasteiger partial charge in [-0.2, -0.15) is 0 Å². The number of primary amides is 1. The fraction of sp³-hybridized carbons (Fsp3) is 0.318. The number of halogens is 1. The highest BCUT2D eigenvalue weighted by atomic mass is 19.1.